The summed E-state index contributed by atoms with van der Waals surface area (Å²) in [4.78, 5) is 97.4. The number of aryl methyl sites for hydroxylation is 2. The zero-order chi connectivity index (χ0) is 63.9. The van der Waals surface area contributed by atoms with Gasteiger partial charge < -0.3 is 46.0 Å². The number of aliphatic hydroxyl groups excluding tert-OH is 3. The predicted molar refractivity (Wildman–Crippen MR) is 312 cm³/mol. The first kappa shape index (κ1) is 64.0. The number of fused-ring (bicyclic) bond motifs is 9. The molecule has 27 nitrogen and oxygen atoms in total. The van der Waals surface area contributed by atoms with Crippen molar-refractivity contribution < 1.29 is 76.2 Å². The molecule has 0 saturated carbocycles. The van der Waals surface area contributed by atoms with Gasteiger partial charge in [0, 0.05) is 100 Å². The summed E-state index contributed by atoms with van der Waals surface area (Å²) < 4.78 is 59.0. The molecule has 0 bridgehead atoms. The monoisotopic (exact) mass is 1370 g/mol. The largest absolute Gasteiger partial charge is 0.393 e. The van der Waals surface area contributed by atoms with Crippen LogP contribution in [0.4, 0.5) is 49.0 Å². The van der Waals surface area contributed by atoms with Crippen molar-refractivity contribution in [2.75, 3.05) is 76.5 Å². The van der Waals surface area contributed by atoms with E-state index in [4.69, 9.17) is 14.5 Å². The van der Waals surface area contributed by atoms with Gasteiger partial charge in [0.15, 0.2) is 11.6 Å². The number of benzene rings is 3. The first-order valence-electron chi connectivity index (χ1n) is 27.9. The molecule has 3 atom stereocenters. The Labute approximate surface area is 521 Å². The van der Waals surface area contributed by atoms with Gasteiger partial charge in [-0.2, -0.15) is 15.3 Å². The second-order valence-electron chi connectivity index (χ2n) is 21.6. The molecule has 12 rings (SSSR count). The summed E-state index contributed by atoms with van der Waals surface area (Å²) in [5, 5.41) is 53.0. The Balaban J connectivity index is 0.000000147. The zero-order valence-corrected chi connectivity index (χ0v) is 51.7. The van der Waals surface area contributed by atoms with Crippen LogP contribution in [0.5, 0.6) is 0 Å². The van der Waals surface area contributed by atoms with E-state index in [1.165, 1.54) is 46.4 Å². The highest BCUT2D eigenvalue weighted by Gasteiger charge is 2.39. The van der Waals surface area contributed by atoms with Gasteiger partial charge in [-0.15, -0.1) is 0 Å². The summed E-state index contributed by atoms with van der Waals surface area (Å²) in [5.74, 6) is -4.99. The highest BCUT2D eigenvalue weighted by atomic mass is 79.9. The van der Waals surface area contributed by atoms with Crippen LogP contribution in [-0.2, 0) is 73.0 Å². The van der Waals surface area contributed by atoms with E-state index in [1.807, 2.05) is 32.0 Å². The minimum Gasteiger partial charge on any atom is -0.393 e. The van der Waals surface area contributed by atoms with Gasteiger partial charge in [-0.3, -0.25) is 42.9 Å². The SMILES string of the molecule is CN1OC(CO)Cn2nc3c(c2C1=O)CN(C(=O)Nc1cc(Br)c(F)cc1F)CC3.CN1OC(CO)Cn2nc3c(c2C1=O)CN(C(=O)Nc1cc(F)c(F)c(Br)c1)CC3.Cc1ccc(C)c(NC(=O)N2CCc3nn4c(c3C2)C(=O)N(C)OC(CO)C4)c1. The number of aromatic nitrogens is 6. The van der Waals surface area contributed by atoms with Crippen molar-refractivity contribution in [2.24, 2.45) is 0 Å². The number of nitrogens with zero attached hydrogens (tertiary/aromatic N) is 12. The lowest BCUT2D eigenvalue weighted by Crippen LogP contribution is -2.40. The van der Waals surface area contributed by atoms with Crippen LogP contribution in [0, 0.1) is 37.1 Å². The molecule has 6 aliphatic rings. The van der Waals surface area contributed by atoms with Crippen LogP contribution in [0.2, 0.25) is 0 Å². The summed E-state index contributed by atoms with van der Waals surface area (Å²) in [6.45, 7) is 5.49. The molecule has 6 aromatic rings. The van der Waals surface area contributed by atoms with Crippen LogP contribution < -0.4 is 16.0 Å². The Morgan fingerprint density at radius 3 is 1.35 bits per heavy atom. The third-order valence-electron chi connectivity index (χ3n) is 15.4. The van der Waals surface area contributed by atoms with Crippen LogP contribution >= 0.6 is 31.9 Å². The van der Waals surface area contributed by atoms with E-state index in [0.717, 1.165) is 55.4 Å². The van der Waals surface area contributed by atoms with Gasteiger partial charge in [-0.25, -0.2) is 47.1 Å². The molecular weight excluding hydrogens is 1310 g/mol. The molecule has 474 valence electrons. The van der Waals surface area contributed by atoms with E-state index in [9.17, 15) is 61.6 Å². The quantitative estimate of drug-likeness (QED) is 0.0705. The van der Waals surface area contributed by atoms with Gasteiger partial charge in [-0.1, -0.05) is 12.1 Å². The van der Waals surface area contributed by atoms with Gasteiger partial charge in [0.2, 0.25) is 0 Å². The number of hydroxylamine groups is 6. The fourth-order valence-corrected chi connectivity index (χ4v) is 11.6. The van der Waals surface area contributed by atoms with E-state index in [-0.39, 0.29) is 90.5 Å². The van der Waals surface area contributed by atoms with Crippen molar-refractivity contribution in [1.82, 2.24) is 59.2 Å². The molecule has 0 radical (unpaired) electrons. The molecule has 0 spiro atoms. The second kappa shape index (κ2) is 26.6. The number of rotatable bonds is 6. The van der Waals surface area contributed by atoms with Gasteiger partial charge in [0.1, 0.15) is 47.0 Å². The van der Waals surface area contributed by atoms with Crippen molar-refractivity contribution in [1.29, 1.82) is 0 Å². The number of halogens is 6. The maximum absolute atomic E-state index is 14.0. The van der Waals surface area contributed by atoms with Gasteiger partial charge in [0.25, 0.3) is 17.7 Å². The molecular formula is C56H61Br2F4N15O12. The fourth-order valence-electron chi connectivity index (χ4n) is 10.8. The lowest BCUT2D eigenvalue weighted by Gasteiger charge is -2.27. The number of carbonyl (C=O) groups excluding carboxylic acids is 6. The number of anilines is 3. The molecule has 3 unspecified atom stereocenters. The maximum atomic E-state index is 14.0. The summed E-state index contributed by atoms with van der Waals surface area (Å²) in [7, 11) is 4.42. The highest BCUT2D eigenvalue weighted by Crippen LogP contribution is 2.32. The average molecular weight is 1370 g/mol. The van der Waals surface area contributed by atoms with Gasteiger partial charge >= 0.3 is 18.1 Å². The smallest absolute Gasteiger partial charge is 0.322 e. The third kappa shape index (κ3) is 13.5. The molecule has 9 amide bonds. The number of nitrogens with one attached hydrogen (secondary N) is 3. The molecule has 33 heteroatoms. The maximum Gasteiger partial charge on any atom is 0.322 e. The van der Waals surface area contributed by atoms with Gasteiger partial charge in [-0.05, 0) is 75.0 Å². The lowest BCUT2D eigenvalue weighted by atomic mass is 10.0. The van der Waals surface area contributed by atoms with Crippen LogP contribution in [-0.4, -0.2) is 189 Å². The van der Waals surface area contributed by atoms with E-state index in [0.29, 0.717) is 85.4 Å². The molecule has 3 aromatic heterocycles. The first-order valence-corrected chi connectivity index (χ1v) is 29.5. The topological polar surface area (TPSA) is 300 Å². The molecule has 0 fully saturated rings. The van der Waals surface area contributed by atoms with E-state index < -0.39 is 65.5 Å². The summed E-state index contributed by atoms with van der Waals surface area (Å²) in [5.41, 5.74) is 7.91. The minimum atomic E-state index is -1.09. The number of urea groups is 3. The minimum absolute atomic E-state index is 0.0224. The fraction of sp³-hybridized carbons (Fsp3) is 0.411. The van der Waals surface area contributed by atoms with Gasteiger partial charge in [0.05, 0.1) is 90.8 Å². The Morgan fingerprint density at radius 2 is 0.944 bits per heavy atom. The van der Waals surface area contributed by atoms with E-state index in [1.54, 1.807) is 9.58 Å². The van der Waals surface area contributed by atoms with Crippen molar-refractivity contribution >= 4 is 84.7 Å². The Kier molecular flexibility index (Phi) is 19.1. The Bertz CT molecular complexity index is 3770. The normalized spacial score (nSPS) is 18.8. The molecule has 6 aliphatic heterocycles. The average Bonchev–Trinajstić information content (AvgIpc) is 3.79. The Morgan fingerprint density at radius 1 is 0.539 bits per heavy atom. The Hall–Kier alpha value is -8.05. The second-order valence-corrected chi connectivity index (χ2v) is 23.3. The number of hydrogen-bond acceptors (Lipinski definition) is 15. The van der Waals surface area contributed by atoms with Crippen molar-refractivity contribution in [3.05, 3.63) is 137 Å². The number of amides is 9. The summed E-state index contributed by atoms with van der Waals surface area (Å²) in [6, 6.07) is 8.60. The molecule has 3 aromatic carbocycles. The van der Waals surface area contributed by atoms with Crippen LogP contribution in [0.25, 0.3) is 0 Å². The standard InChI is InChI=1S/C20H25N5O4.2C18H18BrF2N5O4/c1-12-4-5-13(2)17(8-12)21-20(28)24-7-6-16-15(10-24)18-19(27)23(3)29-14(11-26)9-25(18)22-16;1-24-17(28)16-10-7-25(3-2-14(10)23-26(16)6-9(8-27)30-24)18(29)22-15-4-11(19)12(20)5-13(15)21;1-24-17(28)16-11-7-25(3-2-14(11)23-26(16)6-10(8-27)30-24)18(29)22-9-4-12(19)15(21)13(20)5-9/h4-5,8,14,26H,6-7,9-11H2,1-3H3,(H,21,28);4-5,9,27H,2-3,6-8H2,1H3,(H,22,29);4-5,10,27H,2-3,6-8H2,1H3,(H,22,29). The summed E-state index contributed by atoms with van der Waals surface area (Å²) >= 11 is 5.87. The molecule has 89 heavy (non-hydrogen) atoms. The number of aliphatic hydroxyl groups is 3. The van der Waals surface area contributed by atoms with E-state index >= 15 is 0 Å². The van der Waals surface area contributed by atoms with Crippen molar-refractivity contribution in [2.45, 2.75) is 90.7 Å². The molecule has 6 N–H and O–H groups in total. The predicted octanol–water partition coefficient (Wildman–Crippen LogP) is 5.25. The highest BCUT2D eigenvalue weighted by molar-refractivity contribution is 9.10. The third-order valence-corrected chi connectivity index (χ3v) is 16.6. The van der Waals surface area contributed by atoms with Crippen molar-refractivity contribution in [3.8, 4) is 0 Å². The van der Waals surface area contributed by atoms with Crippen LogP contribution in [0.15, 0.2) is 51.4 Å². The summed E-state index contributed by atoms with van der Waals surface area (Å²) in [6.07, 6.45) is -0.396. The van der Waals surface area contributed by atoms with E-state index in [2.05, 4.69) is 63.1 Å². The van der Waals surface area contributed by atoms with Crippen LogP contribution in [0.3, 0.4) is 0 Å². The molecule has 0 aliphatic carbocycles. The lowest BCUT2D eigenvalue weighted by molar-refractivity contribution is -0.159. The van der Waals surface area contributed by atoms with Crippen LogP contribution in [0.1, 0.15) is 76.4 Å². The zero-order valence-electron chi connectivity index (χ0n) is 48.5. The first-order chi connectivity index (χ1) is 42.4. The number of hydrogen-bond donors (Lipinski definition) is 6. The van der Waals surface area contributed by atoms with Crippen molar-refractivity contribution in [3.63, 3.8) is 0 Å². The number of carbonyl (C=O) groups is 6. The molecule has 9 heterocycles. The molecule has 0 saturated heterocycles.